The molecule has 0 aromatic heterocycles. The van der Waals surface area contributed by atoms with Gasteiger partial charge in [-0.25, -0.2) is 0 Å². The molecule has 2 N–H and O–H groups in total. The molecule has 0 aliphatic carbocycles. The summed E-state index contributed by atoms with van der Waals surface area (Å²) in [5, 5.41) is 2.35. The van der Waals surface area contributed by atoms with Crippen molar-refractivity contribution < 1.29 is 24.4 Å². The summed E-state index contributed by atoms with van der Waals surface area (Å²) in [6, 6.07) is 0. The van der Waals surface area contributed by atoms with Crippen LogP contribution in [0.2, 0.25) is 0 Å². The van der Waals surface area contributed by atoms with Gasteiger partial charge in [0.1, 0.15) is 11.2 Å². The lowest BCUT2D eigenvalue weighted by molar-refractivity contribution is -0.665. The number of carbonyl (C=O) groups is 2. The van der Waals surface area contributed by atoms with Gasteiger partial charge in [0.25, 0.3) is 0 Å². The summed E-state index contributed by atoms with van der Waals surface area (Å²) >= 11 is 0. The van der Waals surface area contributed by atoms with Gasteiger partial charge in [-0.1, -0.05) is 51.4 Å². The molecule has 1 saturated heterocycles. The quantitative estimate of drug-likeness (QED) is 0.277. The molecule has 1 aliphatic rings. The molecule has 0 radical (unpaired) electrons. The molecule has 182 valence electrons. The average molecular weight is 441 g/mol. The highest BCUT2D eigenvalue weighted by Gasteiger charge is 2.35. The number of carbonyl (C=O) groups excluding carboxylic acids is 2. The maximum atomic E-state index is 12.2. The van der Waals surface area contributed by atoms with Gasteiger partial charge >= 0.3 is 11.9 Å². The zero-order chi connectivity index (χ0) is 23.2. The number of ether oxygens (including phenoxy) is 2. The van der Waals surface area contributed by atoms with Gasteiger partial charge in [0.2, 0.25) is 0 Å². The third-order valence-corrected chi connectivity index (χ3v) is 6.23. The minimum absolute atomic E-state index is 0.0223. The van der Waals surface area contributed by atoms with Crippen LogP contribution in [0.4, 0.5) is 0 Å². The number of hydrogen-bond donors (Lipinski definition) is 1. The summed E-state index contributed by atoms with van der Waals surface area (Å²) in [4.78, 5) is 23.9. The number of piperidine rings is 1. The van der Waals surface area contributed by atoms with Gasteiger partial charge in [-0.15, -0.1) is 0 Å². The second-order valence-corrected chi connectivity index (χ2v) is 10.8. The van der Waals surface area contributed by atoms with Crippen LogP contribution in [0.5, 0.6) is 0 Å². The molecule has 0 spiro atoms. The van der Waals surface area contributed by atoms with Crippen LogP contribution in [0.15, 0.2) is 0 Å². The van der Waals surface area contributed by atoms with Crippen molar-refractivity contribution in [2.24, 2.45) is 5.92 Å². The van der Waals surface area contributed by atoms with Gasteiger partial charge in [-0.05, 0) is 47.5 Å². The van der Waals surface area contributed by atoms with Crippen molar-refractivity contribution in [3.8, 4) is 0 Å². The van der Waals surface area contributed by atoms with Crippen molar-refractivity contribution >= 4 is 11.9 Å². The molecule has 1 aliphatic heterocycles. The van der Waals surface area contributed by atoms with Crippen molar-refractivity contribution in [3.05, 3.63) is 0 Å². The molecule has 1 fully saturated rings. The van der Waals surface area contributed by atoms with Crippen molar-refractivity contribution in [1.82, 2.24) is 0 Å². The summed E-state index contributed by atoms with van der Waals surface area (Å²) < 4.78 is 11.2. The van der Waals surface area contributed by atoms with Crippen molar-refractivity contribution in [2.45, 2.75) is 136 Å². The summed E-state index contributed by atoms with van der Waals surface area (Å²) in [7, 11) is 0. The number of rotatable bonds is 15. The number of esters is 2. The van der Waals surface area contributed by atoms with E-state index in [1.165, 1.54) is 38.5 Å². The second kappa shape index (κ2) is 14.9. The molecule has 0 aromatic rings. The maximum Gasteiger partial charge on any atom is 0.306 e. The van der Waals surface area contributed by atoms with E-state index in [1.54, 1.807) is 0 Å². The van der Waals surface area contributed by atoms with E-state index < -0.39 is 0 Å². The first-order valence-corrected chi connectivity index (χ1v) is 12.9. The molecular weight excluding hydrogens is 390 g/mol. The van der Waals surface area contributed by atoms with Crippen LogP contribution >= 0.6 is 0 Å². The summed E-state index contributed by atoms with van der Waals surface area (Å²) in [5.74, 6) is 0.400. The highest BCUT2D eigenvalue weighted by molar-refractivity contribution is 5.70. The summed E-state index contributed by atoms with van der Waals surface area (Å²) in [6.45, 7) is 12.2. The van der Waals surface area contributed by atoms with E-state index >= 15 is 0 Å². The molecule has 5 heteroatoms. The molecular formula is C26H50NO4+. The Morgan fingerprint density at radius 3 is 1.48 bits per heavy atom. The number of quaternary nitrogens is 1. The predicted molar refractivity (Wildman–Crippen MR) is 126 cm³/mol. The lowest BCUT2D eigenvalue weighted by atomic mass is 9.83. The van der Waals surface area contributed by atoms with Crippen LogP contribution in [-0.2, 0) is 19.1 Å². The Morgan fingerprint density at radius 1 is 0.677 bits per heavy atom. The number of unbranched alkanes of at least 4 members (excludes halogenated alkanes) is 9. The standard InChI is InChI=1S/C26H49NO4/c1-25(2,3)30-23(28)16-14-12-10-8-6-7-9-11-13-15-17-24(29)31-26(4,5)22-18-20-27-21-19-22/h22,27H,6-21H2,1-5H3/p+1. The van der Waals surface area contributed by atoms with Crippen molar-refractivity contribution in [1.29, 1.82) is 0 Å². The Balaban J connectivity index is 1.91. The lowest BCUT2D eigenvalue weighted by Gasteiger charge is -2.35. The van der Waals surface area contributed by atoms with Crippen LogP contribution in [0.3, 0.4) is 0 Å². The van der Waals surface area contributed by atoms with Crippen LogP contribution in [-0.4, -0.2) is 36.2 Å². The summed E-state index contributed by atoms with van der Waals surface area (Å²) in [5.41, 5.74) is -0.694. The fraction of sp³-hybridized carbons (Fsp3) is 0.923. The Hall–Kier alpha value is -1.10. The minimum Gasteiger partial charge on any atom is -0.460 e. The monoisotopic (exact) mass is 440 g/mol. The van der Waals surface area contributed by atoms with E-state index in [0.29, 0.717) is 18.8 Å². The number of hydrogen-bond acceptors (Lipinski definition) is 4. The van der Waals surface area contributed by atoms with Crippen LogP contribution in [0, 0.1) is 5.92 Å². The van der Waals surface area contributed by atoms with Gasteiger partial charge in [-0.2, -0.15) is 0 Å². The Kier molecular flexibility index (Phi) is 13.4. The van der Waals surface area contributed by atoms with Gasteiger partial charge in [0.15, 0.2) is 0 Å². The minimum atomic E-state index is -0.373. The van der Waals surface area contributed by atoms with Gasteiger partial charge < -0.3 is 14.8 Å². The molecule has 1 heterocycles. The zero-order valence-electron chi connectivity index (χ0n) is 21.1. The lowest BCUT2D eigenvalue weighted by Crippen LogP contribution is -2.86. The molecule has 0 bridgehead atoms. The normalized spacial score (nSPS) is 15.6. The first-order valence-electron chi connectivity index (χ1n) is 12.9. The van der Waals surface area contributed by atoms with E-state index in [2.05, 4.69) is 19.2 Å². The Labute approximate surface area is 191 Å². The molecule has 1 rings (SSSR count). The molecule has 0 saturated carbocycles. The van der Waals surface area contributed by atoms with E-state index in [-0.39, 0.29) is 23.1 Å². The third kappa shape index (κ3) is 14.6. The van der Waals surface area contributed by atoms with Gasteiger partial charge in [-0.3, -0.25) is 9.59 Å². The van der Waals surface area contributed by atoms with E-state index in [1.807, 2.05) is 20.8 Å². The van der Waals surface area contributed by atoms with E-state index in [9.17, 15) is 9.59 Å². The van der Waals surface area contributed by atoms with Gasteiger partial charge in [0.05, 0.1) is 13.1 Å². The largest absolute Gasteiger partial charge is 0.460 e. The highest BCUT2D eigenvalue weighted by atomic mass is 16.6. The zero-order valence-corrected chi connectivity index (χ0v) is 21.1. The van der Waals surface area contributed by atoms with Crippen LogP contribution in [0.25, 0.3) is 0 Å². The molecule has 0 atom stereocenters. The number of nitrogens with two attached hydrogens (primary N) is 1. The van der Waals surface area contributed by atoms with Crippen molar-refractivity contribution in [2.75, 3.05) is 13.1 Å². The third-order valence-electron chi connectivity index (χ3n) is 6.23. The first-order chi connectivity index (χ1) is 14.6. The molecule has 5 nitrogen and oxygen atoms in total. The predicted octanol–water partition coefficient (Wildman–Crippen LogP) is 5.30. The first kappa shape index (κ1) is 27.9. The van der Waals surface area contributed by atoms with Crippen LogP contribution < -0.4 is 5.32 Å². The molecule has 0 amide bonds. The highest BCUT2D eigenvalue weighted by Crippen LogP contribution is 2.28. The smallest absolute Gasteiger partial charge is 0.306 e. The maximum absolute atomic E-state index is 12.2. The molecule has 0 aromatic carbocycles. The molecule has 31 heavy (non-hydrogen) atoms. The fourth-order valence-electron chi connectivity index (χ4n) is 4.40. The second-order valence-electron chi connectivity index (χ2n) is 10.8. The topological polar surface area (TPSA) is 69.2 Å². The average Bonchev–Trinajstić information content (AvgIpc) is 2.67. The Morgan fingerprint density at radius 2 is 1.06 bits per heavy atom. The van der Waals surface area contributed by atoms with Crippen molar-refractivity contribution in [3.63, 3.8) is 0 Å². The summed E-state index contributed by atoms with van der Waals surface area (Å²) in [6.07, 6.45) is 14.9. The Bertz CT molecular complexity index is 504. The molecule has 0 unspecified atom stereocenters. The van der Waals surface area contributed by atoms with Gasteiger partial charge in [0, 0.05) is 31.6 Å². The van der Waals surface area contributed by atoms with E-state index in [4.69, 9.17) is 9.47 Å². The van der Waals surface area contributed by atoms with Crippen LogP contribution in [0.1, 0.15) is 125 Å². The SMILES string of the molecule is CC(C)(C)OC(=O)CCCCCCCCCCCCC(=O)OC(C)(C)C1CC[NH2+]CC1. The fourth-order valence-corrected chi connectivity index (χ4v) is 4.40. The van der Waals surface area contributed by atoms with E-state index in [0.717, 1.165) is 51.6 Å².